The quantitative estimate of drug-likeness (QED) is 0.221. The fourth-order valence-electron chi connectivity index (χ4n) is 3.06. The lowest BCUT2D eigenvalue weighted by molar-refractivity contribution is -0.109. The molecule has 0 aliphatic carbocycles. The van der Waals surface area contributed by atoms with Crippen LogP contribution in [-0.2, 0) is 22.7 Å². The highest BCUT2D eigenvalue weighted by molar-refractivity contribution is 5.77. The molecule has 1 amide bonds. The number of hydrogen-bond acceptors (Lipinski definition) is 7. The zero-order valence-corrected chi connectivity index (χ0v) is 20.3. The van der Waals surface area contributed by atoms with Crippen LogP contribution in [0.25, 0.3) is 16.5 Å². The molecule has 0 aliphatic rings. The van der Waals surface area contributed by atoms with Gasteiger partial charge < -0.3 is 29.5 Å². The number of nitrogens with two attached hydrogens (primary N) is 1. The van der Waals surface area contributed by atoms with Crippen LogP contribution < -0.4 is 11.1 Å². The predicted octanol–water partition coefficient (Wildman–Crippen LogP) is 4.13. The molecule has 8 nitrogen and oxygen atoms in total. The zero-order chi connectivity index (χ0) is 24.6. The fourth-order valence-corrected chi connectivity index (χ4v) is 3.06. The molecule has 0 spiro atoms. The summed E-state index contributed by atoms with van der Waals surface area (Å²) in [6.45, 7) is 4.95. The van der Waals surface area contributed by atoms with Crippen molar-refractivity contribution >= 4 is 23.0 Å². The number of aromatic nitrogens is 1. The van der Waals surface area contributed by atoms with Gasteiger partial charge >= 0.3 is 0 Å². The Balaban J connectivity index is 0.000000440. The molecule has 0 saturated carbocycles. The van der Waals surface area contributed by atoms with Crippen LogP contribution in [0.15, 0.2) is 63.6 Å². The Morgan fingerprint density at radius 3 is 2.74 bits per heavy atom. The molecule has 3 rings (SSSR count). The number of carbonyl (C=O) groups excluding carboxylic acids is 1. The first kappa shape index (κ1) is 27.0. The number of likely N-dealkylation sites (N-methyl/N-ethyl adjacent to an activating group) is 1. The second-order valence-electron chi connectivity index (χ2n) is 7.79. The molecule has 0 atom stereocenters. The average Bonchev–Trinajstić information content (AvgIpc) is 3.46. The molecule has 2 heterocycles. The number of fused-ring (bicyclic) bond motifs is 1. The molecule has 184 valence electrons. The third-order valence-electron chi connectivity index (χ3n) is 4.69. The molecule has 3 aromatic rings. The lowest BCUT2D eigenvalue weighted by atomic mass is 10.1. The Labute approximate surface area is 201 Å². The first-order chi connectivity index (χ1) is 16.6. The van der Waals surface area contributed by atoms with E-state index in [-0.39, 0.29) is 0 Å². The third kappa shape index (κ3) is 9.74. The second kappa shape index (κ2) is 15.6. The van der Waals surface area contributed by atoms with Crippen molar-refractivity contribution in [1.29, 1.82) is 0 Å². The number of nitrogens with one attached hydrogen (secondary N) is 1. The van der Waals surface area contributed by atoms with E-state index in [1.165, 1.54) is 0 Å². The van der Waals surface area contributed by atoms with Gasteiger partial charge in [0.2, 0.25) is 12.3 Å². The molecule has 0 unspecified atom stereocenters. The van der Waals surface area contributed by atoms with Crippen molar-refractivity contribution in [3.05, 3.63) is 72.2 Å². The number of oxazole rings is 1. The largest absolute Gasteiger partial charge is 0.459 e. The van der Waals surface area contributed by atoms with Gasteiger partial charge in [-0.15, -0.1) is 0 Å². The normalized spacial score (nSPS) is 11.7. The lowest BCUT2D eigenvalue weighted by Crippen LogP contribution is -2.25. The number of carbonyl (C=O) groups is 1. The Bertz CT molecular complexity index is 1000. The monoisotopic (exact) mass is 468 g/mol. The molecule has 0 aliphatic heterocycles. The van der Waals surface area contributed by atoms with Gasteiger partial charge in [-0.1, -0.05) is 43.4 Å². The van der Waals surface area contributed by atoms with E-state index in [0.717, 1.165) is 54.0 Å². The maximum Gasteiger partial charge on any atom is 0.220 e. The zero-order valence-electron chi connectivity index (χ0n) is 20.3. The Morgan fingerprint density at radius 1 is 1.21 bits per heavy atom. The first-order valence-electron chi connectivity index (χ1n) is 11.4. The Morgan fingerprint density at radius 2 is 2.03 bits per heavy atom. The van der Waals surface area contributed by atoms with Crippen molar-refractivity contribution in [2.24, 2.45) is 5.73 Å². The van der Waals surface area contributed by atoms with Crippen LogP contribution in [0.1, 0.15) is 37.2 Å². The topological polar surface area (TPSA) is 107 Å². The van der Waals surface area contributed by atoms with Crippen molar-refractivity contribution in [3.63, 3.8) is 0 Å². The van der Waals surface area contributed by atoms with Crippen molar-refractivity contribution in [2.45, 2.75) is 33.0 Å². The lowest BCUT2D eigenvalue weighted by Gasteiger charge is -2.06. The van der Waals surface area contributed by atoms with Gasteiger partial charge in [0.05, 0.1) is 6.20 Å². The molecule has 2 aromatic heterocycles. The fraction of sp³-hybridized carbons (Fsp3) is 0.385. The number of allylic oxidation sites excluding steroid dienone is 3. The molecule has 8 heteroatoms. The highest BCUT2D eigenvalue weighted by Crippen LogP contribution is 2.22. The van der Waals surface area contributed by atoms with E-state index in [1.54, 1.807) is 6.20 Å². The minimum absolute atomic E-state index is 0.301. The van der Waals surface area contributed by atoms with E-state index >= 15 is 0 Å². The average molecular weight is 469 g/mol. The minimum Gasteiger partial charge on any atom is -0.459 e. The maximum atomic E-state index is 9.66. The van der Waals surface area contributed by atoms with Crippen molar-refractivity contribution in [1.82, 2.24) is 15.2 Å². The second-order valence-corrected chi connectivity index (χ2v) is 7.79. The van der Waals surface area contributed by atoms with Gasteiger partial charge in [-0.05, 0) is 44.6 Å². The van der Waals surface area contributed by atoms with Gasteiger partial charge in [-0.3, -0.25) is 4.79 Å². The summed E-state index contributed by atoms with van der Waals surface area (Å²) in [5, 5.41) is 3.63. The van der Waals surface area contributed by atoms with Crippen LogP contribution in [0.5, 0.6) is 0 Å². The van der Waals surface area contributed by atoms with E-state index in [2.05, 4.69) is 23.3 Å². The molecule has 34 heavy (non-hydrogen) atoms. The van der Waals surface area contributed by atoms with Crippen molar-refractivity contribution < 1.29 is 18.4 Å². The molecule has 3 N–H and O–H groups in total. The number of nitrogens with zero attached hydrogens (tertiary/aromatic N) is 2. The summed E-state index contributed by atoms with van der Waals surface area (Å²) in [6.07, 6.45) is 10.3. The number of furan rings is 1. The predicted molar refractivity (Wildman–Crippen MR) is 135 cm³/mol. The standard InChI is InChI=1S/C21H24N2O3.C5H12N2O/c1-2-7-16(8-5-6-11-22)20-13-23-21(26-20)15-24-14-18-12-17-9-3-4-10-19(17)25-18;1-7(2)4-3-6-5-8/h3-7,9-10,12-13H,2,8,11,14-15,22H2,1H3;5H,3-4H2,1-2H3,(H,6,8)/b6-5-,16-7+;. The summed E-state index contributed by atoms with van der Waals surface area (Å²) in [5.41, 5.74) is 7.46. The van der Waals surface area contributed by atoms with Gasteiger partial charge in [0.25, 0.3) is 0 Å². The van der Waals surface area contributed by atoms with Crippen LogP contribution in [0.4, 0.5) is 0 Å². The molecule has 1 aromatic carbocycles. The first-order valence-corrected chi connectivity index (χ1v) is 11.4. The summed E-state index contributed by atoms with van der Waals surface area (Å²) < 4.78 is 17.2. The highest BCUT2D eigenvalue weighted by Gasteiger charge is 2.09. The van der Waals surface area contributed by atoms with Crippen LogP contribution in [0, 0.1) is 0 Å². The minimum atomic E-state index is 0.301. The van der Waals surface area contributed by atoms with Gasteiger partial charge in [0, 0.05) is 25.0 Å². The van der Waals surface area contributed by atoms with Crippen LogP contribution >= 0.6 is 0 Å². The van der Waals surface area contributed by atoms with Gasteiger partial charge in [0.15, 0.2) is 5.76 Å². The number of amides is 1. The number of benzene rings is 1. The van der Waals surface area contributed by atoms with E-state index in [4.69, 9.17) is 19.3 Å². The Kier molecular flexibility index (Phi) is 12.4. The van der Waals surface area contributed by atoms with Gasteiger partial charge in [-0.25, -0.2) is 4.98 Å². The summed E-state index contributed by atoms with van der Waals surface area (Å²) in [6, 6.07) is 9.89. The van der Waals surface area contributed by atoms with Gasteiger partial charge in [0.1, 0.15) is 24.6 Å². The SMILES string of the molecule is CC/C=C(\C/C=C\CN)c1cnc(COCc2cc3ccccc3o2)o1.CN(C)CCNC=O. The summed E-state index contributed by atoms with van der Waals surface area (Å²) >= 11 is 0. The van der Waals surface area contributed by atoms with Crippen molar-refractivity contribution in [2.75, 3.05) is 33.7 Å². The maximum absolute atomic E-state index is 9.66. The van der Waals surface area contributed by atoms with E-state index in [9.17, 15) is 4.79 Å². The van der Waals surface area contributed by atoms with Gasteiger partial charge in [-0.2, -0.15) is 0 Å². The third-order valence-corrected chi connectivity index (χ3v) is 4.69. The van der Waals surface area contributed by atoms with E-state index in [0.29, 0.717) is 32.1 Å². The molecule has 0 saturated heterocycles. The molecular formula is C26H36N4O4. The smallest absolute Gasteiger partial charge is 0.220 e. The van der Waals surface area contributed by atoms with E-state index < -0.39 is 0 Å². The number of para-hydroxylation sites is 1. The number of ether oxygens (including phenoxy) is 1. The molecule has 0 fully saturated rings. The van der Waals surface area contributed by atoms with Crippen molar-refractivity contribution in [3.8, 4) is 0 Å². The number of hydrogen-bond donors (Lipinski definition) is 2. The Hall–Kier alpha value is -3.20. The van der Waals surface area contributed by atoms with Crippen LogP contribution in [-0.4, -0.2) is 50.0 Å². The van der Waals surface area contributed by atoms with Crippen LogP contribution in [0.2, 0.25) is 0 Å². The summed E-state index contributed by atoms with van der Waals surface area (Å²) in [7, 11) is 3.93. The highest BCUT2D eigenvalue weighted by atomic mass is 16.5. The van der Waals surface area contributed by atoms with Crippen LogP contribution in [0.3, 0.4) is 0 Å². The molecule has 0 bridgehead atoms. The number of rotatable bonds is 13. The van der Waals surface area contributed by atoms with E-state index in [1.807, 2.05) is 61.5 Å². The molecule has 0 radical (unpaired) electrons. The molecular weight excluding hydrogens is 432 g/mol. The summed E-state index contributed by atoms with van der Waals surface area (Å²) in [4.78, 5) is 16.0. The summed E-state index contributed by atoms with van der Waals surface area (Å²) in [5.74, 6) is 2.12.